The van der Waals surface area contributed by atoms with Crippen LogP contribution in [0.4, 0.5) is 0 Å². The Kier molecular flexibility index (Phi) is 6.21. The van der Waals surface area contributed by atoms with E-state index in [1.165, 1.54) is 0 Å². The van der Waals surface area contributed by atoms with Crippen LogP contribution >= 0.6 is 34.8 Å². The number of hydrogen-bond acceptors (Lipinski definition) is 3. The van der Waals surface area contributed by atoms with Gasteiger partial charge in [-0.1, -0.05) is 46.9 Å². The van der Waals surface area contributed by atoms with Crippen molar-refractivity contribution in [2.24, 2.45) is 5.73 Å². The van der Waals surface area contributed by atoms with Crippen molar-refractivity contribution in [1.82, 2.24) is 0 Å². The predicted octanol–water partition coefficient (Wildman–Crippen LogP) is 4.74. The van der Waals surface area contributed by atoms with Crippen LogP contribution in [-0.2, 0) is 13.0 Å². The van der Waals surface area contributed by atoms with E-state index in [-0.39, 0.29) is 6.61 Å². The molecule has 0 aliphatic carbocycles. The van der Waals surface area contributed by atoms with Gasteiger partial charge in [-0.25, -0.2) is 0 Å². The fraction of sp³-hybridized carbons (Fsp3) is 0.250. The van der Waals surface area contributed by atoms with Crippen molar-refractivity contribution in [1.29, 1.82) is 0 Å². The number of nitrogens with two attached hydrogens (primary N) is 1. The minimum Gasteiger partial charge on any atom is -0.493 e. The van der Waals surface area contributed by atoms with Crippen molar-refractivity contribution < 1.29 is 9.47 Å². The van der Waals surface area contributed by atoms with Crippen molar-refractivity contribution in [3.05, 3.63) is 56.5 Å². The van der Waals surface area contributed by atoms with E-state index in [0.717, 1.165) is 5.56 Å². The summed E-state index contributed by atoms with van der Waals surface area (Å²) in [7, 11) is 1.59. The van der Waals surface area contributed by atoms with Crippen LogP contribution in [0.1, 0.15) is 11.1 Å². The van der Waals surface area contributed by atoms with Gasteiger partial charge in [0.2, 0.25) is 0 Å². The molecule has 0 fully saturated rings. The number of ether oxygens (including phenoxy) is 2. The van der Waals surface area contributed by atoms with E-state index >= 15 is 0 Å². The molecule has 0 radical (unpaired) electrons. The number of methoxy groups -OCH3 is 1. The summed E-state index contributed by atoms with van der Waals surface area (Å²) in [5.74, 6) is 1.28. The van der Waals surface area contributed by atoms with E-state index in [0.29, 0.717) is 45.1 Å². The second-order valence-corrected chi connectivity index (χ2v) is 5.79. The third-order valence-electron chi connectivity index (χ3n) is 3.19. The fourth-order valence-electron chi connectivity index (χ4n) is 2.08. The van der Waals surface area contributed by atoms with E-state index in [1.54, 1.807) is 19.2 Å². The minimum absolute atomic E-state index is 0.191. The van der Waals surface area contributed by atoms with E-state index in [4.69, 9.17) is 50.0 Å². The monoisotopic (exact) mass is 359 g/mol. The highest BCUT2D eigenvalue weighted by Gasteiger charge is 2.14. The highest BCUT2D eigenvalue weighted by molar-refractivity contribution is 6.44. The lowest BCUT2D eigenvalue weighted by Crippen LogP contribution is -2.07. The van der Waals surface area contributed by atoms with Crippen LogP contribution in [-0.4, -0.2) is 13.7 Å². The van der Waals surface area contributed by atoms with Gasteiger partial charge in [-0.2, -0.15) is 0 Å². The molecule has 0 amide bonds. The molecule has 118 valence electrons. The maximum Gasteiger partial charge on any atom is 0.164 e. The lowest BCUT2D eigenvalue weighted by molar-refractivity contribution is 0.281. The molecule has 0 aromatic heterocycles. The van der Waals surface area contributed by atoms with Gasteiger partial charge in [0.25, 0.3) is 0 Å². The summed E-state index contributed by atoms with van der Waals surface area (Å²) in [5, 5.41) is 1.33. The van der Waals surface area contributed by atoms with Crippen molar-refractivity contribution >= 4 is 34.8 Å². The molecule has 0 atom stereocenters. The average molecular weight is 361 g/mol. The molecule has 0 saturated heterocycles. The molecule has 0 spiro atoms. The average Bonchev–Trinajstić information content (AvgIpc) is 2.52. The number of rotatable bonds is 6. The van der Waals surface area contributed by atoms with Gasteiger partial charge in [-0.15, -0.1) is 0 Å². The summed E-state index contributed by atoms with van der Waals surface area (Å²) in [6.07, 6.45) is 0.684. The Morgan fingerprint density at radius 1 is 1.05 bits per heavy atom. The number of para-hydroxylation sites is 1. The molecule has 3 nitrogen and oxygen atoms in total. The molecule has 2 aromatic carbocycles. The predicted molar refractivity (Wildman–Crippen MR) is 91.6 cm³/mol. The van der Waals surface area contributed by atoms with E-state index < -0.39 is 0 Å². The van der Waals surface area contributed by atoms with Crippen LogP contribution in [0.2, 0.25) is 15.1 Å². The summed E-state index contributed by atoms with van der Waals surface area (Å²) >= 11 is 18.4. The molecule has 6 heteroatoms. The normalized spacial score (nSPS) is 10.6. The Morgan fingerprint density at radius 3 is 2.45 bits per heavy atom. The van der Waals surface area contributed by atoms with Crippen LogP contribution < -0.4 is 15.2 Å². The van der Waals surface area contributed by atoms with E-state index in [9.17, 15) is 0 Å². The second-order valence-electron chi connectivity index (χ2n) is 4.60. The molecule has 0 heterocycles. The Balaban J connectivity index is 2.30. The Morgan fingerprint density at radius 2 is 1.77 bits per heavy atom. The molecule has 2 aromatic rings. The summed E-state index contributed by atoms with van der Waals surface area (Å²) < 4.78 is 11.3. The van der Waals surface area contributed by atoms with Crippen LogP contribution in [0.5, 0.6) is 11.5 Å². The zero-order valence-electron chi connectivity index (χ0n) is 12.0. The zero-order chi connectivity index (χ0) is 16.1. The SMILES string of the molecule is COc1cccc(CCN)c1OCc1c(Cl)ccc(Cl)c1Cl. The van der Waals surface area contributed by atoms with Crippen molar-refractivity contribution in [2.45, 2.75) is 13.0 Å². The first kappa shape index (κ1) is 17.2. The fourth-order valence-corrected chi connectivity index (χ4v) is 2.74. The molecule has 0 saturated carbocycles. The van der Waals surface area contributed by atoms with Gasteiger partial charge in [-0.3, -0.25) is 0 Å². The van der Waals surface area contributed by atoms with Gasteiger partial charge >= 0.3 is 0 Å². The van der Waals surface area contributed by atoms with Gasteiger partial charge in [0.05, 0.1) is 17.2 Å². The first-order valence-corrected chi connectivity index (χ1v) is 7.83. The van der Waals surface area contributed by atoms with Gasteiger partial charge < -0.3 is 15.2 Å². The highest BCUT2D eigenvalue weighted by Crippen LogP contribution is 2.35. The van der Waals surface area contributed by atoms with Crippen LogP contribution in [0, 0.1) is 0 Å². The molecule has 0 aliphatic rings. The number of benzene rings is 2. The van der Waals surface area contributed by atoms with Gasteiger partial charge in [0.15, 0.2) is 11.5 Å². The topological polar surface area (TPSA) is 44.5 Å². The molecule has 2 N–H and O–H groups in total. The van der Waals surface area contributed by atoms with Crippen molar-refractivity contribution in [3.8, 4) is 11.5 Å². The minimum atomic E-state index is 0.191. The Labute approximate surface area is 144 Å². The standard InChI is InChI=1S/C16H16Cl3NO2/c1-21-14-4-2-3-10(7-8-20)16(14)22-9-11-12(17)5-6-13(18)15(11)19/h2-6H,7-9,20H2,1H3. The number of hydrogen-bond donors (Lipinski definition) is 1. The van der Waals surface area contributed by atoms with Crippen LogP contribution in [0.3, 0.4) is 0 Å². The van der Waals surface area contributed by atoms with E-state index in [2.05, 4.69) is 0 Å². The van der Waals surface area contributed by atoms with E-state index in [1.807, 2.05) is 18.2 Å². The Bertz CT molecular complexity index is 662. The first-order chi connectivity index (χ1) is 10.6. The van der Waals surface area contributed by atoms with Gasteiger partial charge in [0.1, 0.15) is 6.61 Å². The summed E-state index contributed by atoms with van der Waals surface area (Å²) in [6, 6.07) is 9.02. The molecule has 0 unspecified atom stereocenters. The molecule has 0 aliphatic heterocycles. The van der Waals surface area contributed by atoms with Crippen LogP contribution in [0.15, 0.2) is 30.3 Å². The summed E-state index contributed by atoms with van der Waals surface area (Å²) in [5.41, 5.74) is 7.25. The first-order valence-electron chi connectivity index (χ1n) is 6.69. The summed E-state index contributed by atoms with van der Waals surface area (Å²) in [6.45, 7) is 0.707. The smallest absolute Gasteiger partial charge is 0.164 e. The lowest BCUT2D eigenvalue weighted by atomic mass is 10.1. The zero-order valence-corrected chi connectivity index (χ0v) is 14.3. The highest BCUT2D eigenvalue weighted by atomic mass is 35.5. The third-order valence-corrected chi connectivity index (χ3v) is 4.39. The van der Waals surface area contributed by atoms with Gasteiger partial charge in [-0.05, 0) is 36.7 Å². The molecule has 0 bridgehead atoms. The maximum atomic E-state index is 6.19. The molecular weight excluding hydrogens is 345 g/mol. The van der Waals surface area contributed by atoms with Crippen molar-refractivity contribution in [3.63, 3.8) is 0 Å². The molecule has 22 heavy (non-hydrogen) atoms. The van der Waals surface area contributed by atoms with Crippen molar-refractivity contribution in [2.75, 3.05) is 13.7 Å². The Hall–Kier alpha value is -1.13. The largest absolute Gasteiger partial charge is 0.493 e. The maximum absolute atomic E-state index is 6.19. The second kappa shape index (κ2) is 7.93. The third kappa shape index (κ3) is 3.79. The molecular formula is C16H16Cl3NO2. The van der Waals surface area contributed by atoms with Crippen LogP contribution in [0.25, 0.3) is 0 Å². The molecule has 2 rings (SSSR count). The lowest BCUT2D eigenvalue weighted by Gasteiger charge is -2.16. The number of halogens is 3. The van der Waals surface area contributed by atoms with Gasteiger partial charge in [0, 0.05) is 10.6 Å². The quantitative estimate of drug-likeness (QED) is 0.757. The summed E-state index contributed by atoms with van der Waals surface area (Å²) in [4.78, 5) is 0.